The van der Waals surface area contributed by atoms with Gasteiger partial charge in [0, 0.05) is 28.9 Å². The highest BCUT2D eigenvalue weighted by molar-refractivity contribution is 7.91. The van der Waals surface area contributed by atoms with Crippen molar-refractivity contribution in [3.63, 3.8) is 0 Å². The lowest BCUT2D eigenvalue weighted by molar-refractivity contribution is 0.0731. The number of furan rings is 1. The highest BCUT2D eigenvalue weighted by atomic mass is 32.2. The third-order valence-electron chi connectivity index (χ3n) is 5.85. The molecule has 4 aromatic rings. The summed E-state index contributed by atoms with van der Waals surface area (Å²) in [6.07, 6.45) is 0. The van der Waals surface area contributed by atoms with Crippen LogP contribution < -0.4 is 10.4 Å². The predicted molar refractivity (Wildman–Crippen MR) is 130 cm³/mol. The molecule has 0 bridgehead atoms. The van der Waals surface area contributed by atoms with E-state index in [1.807, 2.05) is 0 Å². The van der Waals surface area contributed by atoms with Crippen molar-refractivity contribution in [1.82, 2.24) is 4.31 Å². The average Bonchev–Trinajstić information content (AvgIpc) is 3.51. The number of rotatable bonds is 6. The van der Waals surface area contributed by atoms with Crippen molar-refractivity contribution in [2.75, 3.05) is 26.3 Å². The Morgan fingerprint density at radius 1 is 1.06 bits per heavy atom. The van der Waals surface area contributed by atoms with Crippen LogP contribution >= 0.6 is 11.3 Å². The van der Waals surface area contributed by atoms with Crippen LogP contribution in [0.1, 0.15) is 16.0 Å². The van der Waals surface area contributed by atoms with Gasteiger partial charge in [-0.15, -0.1) is 11.3 Å². The van der Waals surface area contributed by atoms with Crippen LogP contribution in [0.2, 0.25) is 0 Å². The van der Waals surface area contributed by atoms with Gasteiger partial charge in [-0.1, -0.05) is 0 Å². The fourth-order valence-corrected chi connectivity index (χ4v) is 6.66. The van der Waals surface area contributed by atoms with Crippen LogP contribution in [0.5, 0.6) is 11.5 Å². The molecule has 0 unspecified atom stereocenters. The monoisotopic (exact) mass is 517 g/mol. The van der Waals surface area contributed by atoms with Crippen molar-refractivity contribution >= 4 is 32.3 Å². The maximum absolute atomic E-state index is 12.8. The first-order valence-corrected chi connectivity index (χ1v) is 13.2. The van der Waals surface area contributed by atoms with Crippen molar-refractivity contribution in [3.8, 4) is 23.0 Å². The second-order valence-electron chi connectivity index (χ2n) is 8.15. The van der Waals surface area contributed by atoms with Gasteiger partial charge in [-0.2, -0.15) is 4.31 Å². The molecule has 1 aliphatic heterocycles. The normalized spacial score (nSPS) is 15.0. The van der Waals surface area contributed by atoms with E-state index < -0.39 is 15.6 Å². The fourth-order valence-electron chi connectivity index (χ4n) is 3.83. The Hall–Kier alpha value is -3.12. The molecule has 0 spiro atoms. The topological polar surface area (TPSA) is 119 Å². The van der Waals surface area contributed by atoms with Crippen molar-refractivity contribution < 1.29 is 31.8 Å². The number of aromatic hydroxyl groups is 1. The molecule has 4 heterocycles. The average molecular weight is 518 g/mol. The number of sulfonamides is 1. The summed E-state index contributed by atoms with van der Waals surface area (Å²) < 4.78 is 49.6. The Morgan fingerprint density at radius 2 is 1.83 bits per heavy atom. The molecule has 184 valence electrons. The second kappa shape index (κ2) is 9.15. The Kier molecular flexibility index (Phi) is 6.18. The summed E-state index contributed by atoms with van der Waals surface area (Å²) in [5, 5.41) is 10.9. The molecule has 0 radical (unpaired) electrons. The summed E-state index contributed by atoms with van der Waals surface area (Å²) in [7, 11) is -3.53. The maximum atomic E-state index is 12.8. The van der Waals surface area contributed by atoms with E-state index in [0.29, 0.717) is 49.0 Å². The largest absolute Gasteiger partial charge is 0.507 e. The Morgan fingerprint density at radius 3 is 2.60 bits per heavy atom. The molecule has 1 fully saturated rings. The predicted octanol–water partition coefficient (Wildman–Crippen LogP) is 4.04. The van der Waals surface area contributed by atoms with Gasteiger partial charge in [-0.05, 0) is 50.2 Å². The zero-order valence-corrected chi connectivity index (χ0v) is 20.7. The standard InChI is InChI=1S/C24H23NO8S2/c1-14-22(26)15(2)24(27)33-23(14)20-12-16-11-17(3-5-19(16)32-20)31-13-18-4-6-21(34-18)35(28,29)25-7-9-30-10-8-25/h3-6,11-12,26H,7-10,13H2,1-2H3. The van der Waals surface area contributed by atoms with E-state index in [1.54, 1.807) is 43.3 Å². The number of nitrogens with zero attached hydrogens (tertiary/aromatic N) is 1. The molecule has 0 amide bonds. The molecular formula is C24H23NO8S2. The van der Waals surface area contributed by atoms with E-state index in [4.69, 9.17) is 18.3 Å². The lowest BCUT2D eigenvalue weighted by Crippen LogP contribution is -2.40. The number of ether oxygens (including phenoxy) is 2. The lowest BCUT2D eigenvalue weighted by atomic mass is 10.1. The molecule has 1 N–H and O–H groups in total. The lowest BCUT2D eigenvalue weighted by Gasteiger charge is -2.25. The summed E-state index contributed by atoms with van der Waals surface area (Å²) in [5.41, 5.74) is 0.494. The van der Waals surface area contributed by atoms with Gasteiger partial charge in [-0.25, -0.2) is 13.2 Å². The number of benzene rings is 1. The van der Waals surface area contributed by atoms with Crippen LogP contribution in [0, 0.1) is 13.8 Å². The number of thiophene rings is 1. The van der Waals surface area contributed by atoms with Crippen molar-refractivity contribution in [2.45, 2.75) is 24.7 Å². The first-order chi connectivity index (χ1) is 16.7. The summed E-state index contributed by atoms with van der Waals surface area (Å²) in [6.45, 7) is 4.85. The molecule has 1 saturated heterocycles. The number of fused-ring (bicyclic) bond motifs is 1. The third-order valence-corrected chi connectivity index (χ3v) is 9.27. The summed E-state index contributed by atoms with van der Waals surface area (Å²) in [4.78, 5) is 12.8. The van der Waals surface area contributed by atoms with Gasteiger partial charge < -0.3 is 23.4 Å². The SMILES string of the molecule is Cc1c(-c2cc3cc(OCc4ccc(S(=O)(=O)N5CCOCC5)s4)ccc3o2)oc(=O)c(C)c1O. The third kappa shape index (κ3) is 4.47. The Labute approximate surface area is 205 Å². The van der Waals surface area contributed by atoms with E-state index in [-0.39, 0.29) is 27.9 Å². The van der Waals surface area contributed by atoms with E-state index >= 15 is 0 Å². The molecule has 1 aromatic carbocycles. The fraction of sp³-hybridized carbons (Fsp3) is 0.292. The van der Waals surface area contributed by atoms with Crippen molar-refractivity contribution in [1.29, 1.82) is 0 Å². The Balaban J connectivity index is 1.33. The molecule has 35 heavy (non-hydrogen) atoms. The summed E-state index contributed by atoms with van der Waals surface area (Å²) in [6, 6.07) is 10.3. The minimum absolute atomic E-state index is 0.119. The van der Waals surface area contributed by atoms with Gasteiger partial charge >= 0.3 is 5.63 Å². The van der Waals surface area contributed by atoms with Gasteiger partial charge in [0.25, 0.3) is 10.0 Å². The number of morpholine rings is 1. The minimum Gasteiger partial charge on any atom is -0.507 e. The molecule has 9 nitrogen and oxygen atoms in total. The van der Waals surface area contributed by atoms with Gasteiger partial charge in [-0.3, -0.25) is 0 Å². The molecular weight excluding hydrogens is 494 g/mol. The number of hydrogen-bond acceptors (Lipinski definition) is 9. The zero-order chi connectivity index (χ0) is 24.7. The first kappa shape index (κ1) is 23.6. The van der Waals surface area contributed by atoms with Gasteiger partial charge in [0.15, 0.2) is 11.5 Å². The van der Waals surface area contributed by atoms with Crippen LogP contribution in [0.3, 0.4) is 0 Å². The molecule has 1 aliphatic rings. The van der Waals surface area contributed by atoms with E-state index in [2.05, 4.69) is 0 Å². The van der Waals surface area contributed by atoms with Gasteiger partial charge in [0.2, 0.25) is 0 Å². The molecule has 5 rings (SSSR count). The van der Waals surface area contributed by atoms with Gasteiger partial charge in [0.1, 0.15) is 27.9 Å². The summed E-state index contributed by atoms with van der Waals surface area (Å²) in [5.74, 6) is 0.940. The first-order valence-electron chi connectivity index (χ1n) is 10.9. The molecule has 0 atom stereocenters. The Bertz CT molecular complexity index is 1560. The molecule has 11 heteroatoms. The zero-order valence-electron chi connectivity index (χ0n) is 19.1. The van der Waals surface area contributed by atoms with E-state index in [9.17, 15) is 18.3 Å². The molecule has 3 aromatic heterocycles. The van der Waals surface area contributed by atoms with Crippen LogP contribution in [-0.4, -0.2) is 44.1 Å². The second-order valence-corrected chi connectivity index (χ2v) is 11.5. The van der Waals surface area contributed by atoms with Gasteiger partial charge in [0.05, 0.1) is 18.8 Å². The maximum Gasteiger partial charge on any atom is 0.343 e. The smallest absolute Gasteiger partial charge is 0.343 e. The highest BCUT2D eigenvalue weighted by Crippen LogP contribution is 2.35. The van der Waals surface area contributed by atoms with Crippen LogP contribution in [0.15, 0.2) is 54.2 Å². The van der Waals surface area contributed by atoms with Crippen molar-refractivity contribution in [2.24, 2.45) is 0 Å². The molecule has 0 saturated carbocycles. The summed E-state index contributed by atoms with van der Waals surface area (Å²) >= 11 is 1.18. The van der Waals surface area contributed by atoms with Crippen LogP contribution in [0.25, 0.3) is 22.5 Å². The highest BCUT2D eigenvalue weighted by Gasteiger charge is 2.27. The van der Waals surface area contributed by atoms with E-state index in [0.717, 1.165) is 10.3 Å². The number of hydrogen-bond donors (Lipinski definition) is 1. The molecule has 0 aliphatic carbocycles. The quantitative estimate of drug-likeness (QED) is 0.407. The van der Waals surface area contributed by atoms with E-state index in [1.165, 1.54) is 22.6 Å². The minimum atomic E-state index is -3.53. The van der Waals surface area contributed by atoms with Crippen LogP contribution in [0.4, 0.5) is 0 Å². The van der Waals surface area contributed by atoms with Crippen LogP contribution in [-0.2, 0) is 21.4 Å². The van der Waals surface area contributed by atoms with Crippen molar-refractivity contribution in [3.05, 3.63) is 62.8 Å².